The molecule has 0 spiro atoms. The molecule has 0 heterocycles. The monoisotopic (exact) mass is 464 g/mol. The van der Waals surface area contributed by atoms with Crippen molar-refractivity contribution in [2.75, 3.05) is 6.61 Å². The van der Waals surface area contributed by atoms with Gasteiger partial charge in [0.05, 0.1) is 13.0 Å². The van der Waals surface area contributed by atoms with Crippen molar-refractivity contribution in [3.05, 3.63) is 0 Å². The van der Waals surface area contributed by atoms with Gasteiger partial charge in [-0.2, -0.15) is 8.42 Å². The predicted octanol–water partition coefficient (Wildman–Crippen LogP) is 3.83. The van der Waals surface area contributed by atoms with Gasteiger partial charge in [0.25, 0.3) is 10.1 Å². The average Bonchev–Trinajstić information content (AvgIpc) is 2.61. The molecule has 0 fully saturated rings. The van der Waals surface area contributed by atoms with Gasteiger partial charge in [0.1, 0.15) is 0 Å². The maximum atomic E-state index is 11.6. The van der Waals surface area contributed by atoms with E-state index >= 15 is 0 Å². The molecule has 0 bridgehead atoms. The van der Waals surface area contributed by atoms with Crippen LogP contribution >= 0.6 is 0 Å². The van der Waals surface area contributed by atoms with E-state index in [1.54, 1.807) is 0 Å². The molecule has 0 rings (SSSR count). The van der Waals surface area contributed by atoms with Gasteiger partial charge < -0.3 is 9.84 Å². The van der Waals surface area contributed by atoms with Crippen molar-refractivity contribution in [2.24, 2.45) is 0 Å². The standard InChI is InChI=1S/C20H38O7S.Ca.2H/c1-2-3-4-5-6-7-8-9-10-11-12-13-14-15-16-27-20(23)18(17-19(21)22)28(24,25)26;;;/h18H,2-17H2,1H3,(H,21,22)(H,24,25,26);;;. The molecule has 2 N–H and O–H groups in total. The molecule has 0 saturated heterocycles. The number of carboxylic acids is 1. The number of hydrogen-bond acceptors (Lipinski definition) is 5. The molecule has 0 aromatic heterocycles. The molecular formula is C20H40CaO7S. The van der Waals surface area contributed by atoms with E-state index in [2.05, 4.69) is 6.92 Å². The Kier molecular flexibility index (Phi) is 21.6. The van der Waals surface area contributed by atoms with Crippen LogP contribution in [0, 0.1) is 0 Å². The summed E-state index contributed by atoms with van der Waals surface area (Å²) in [5.74, 6) is -2.70. The van der Waals surface area contributed by atoms with Crippen LogP contribution in [0.15, 0.2) is 0 Å². The summed E-state index contributed by atoms with van der Waals surface area (Å²) in [5.41, 5.74) is 0. The number of ether oxygens (including phenoxy) is 1. The normalized spacial score (nSPS) is 12.2. The Bertz CT molecular complexity index is 523. The second-order valence-corrected chi connectivity index (χ2v) is 8.96. The Morgan fingerprint density at radius 3 is 1.52 bits per heavy atom. The number of carboxylic acid groups (broad SMARTS) is 1. The van der Waals surface area contributed by atoms with Crippen LogP contribution in [-0.4, -0.2) is 79.6 Å². The van der Waals surface area contributed by atoms with Gasteiger partial charge in [-0.25, -0.2) is 0 Å². The summed E-state index contributed by atoms with van der Waals surface area (Å²) in [6, 6.07) is 0. The van der Waals surface area contributed by atoms with Crippen molar-refractivity contribution in [3.63, 3.8) is 0 Å². The minimum atomic E-state index is -4.79. The molecule has 1 atom stereocenters. The van der Waals surface area contributed by atoms with Gasteiger partial charge in [0.15, 0.2) is 5.25 Å². The molecule has 0 aromatic carbocycles. The first-order chi connectivity index (χ1) is 13.3. The van der Waals surface area contributed by atoms with E-state index in [4.69, 9.17) is 14.4 Å². The van der Waals surface area contributed by atoms with Gasteiger partial charge in [0, 0.05) is 0 Å². The number of rotatable bonds is 19. The summed E-state index contributed by atoms with van der Waals surface area (Å²) in [6.45, 7) is 2.26. The average molecular weight is 465 g/mol. The quantitative estimate of drug-likeness (QED) is 0.129. The molecule has 7 nitrogen and oxygen atoms in total. The number of carbonyl (C=O) groups excluding carboxylic acids is 1. The van der Waals surface area contributed by atoms with Crippen molar-refractivity contribution in [1.82, 2.24) is 0 Å². The molecular weight excluding hydrogens is 424 g/mol. The van der Waals surface area contributed by atoms with Gasteiger partial charge in [-0.3, -0.25) is 14.1 Å². The summed E-state index contributed by atoms with van der Waals surface area (Å²) >= 11 is 0. The SMILES string of the molecule is CCCCCCCCCCCCCCCCOC(=O)C(CC(=O)O)S(=O)(=O)O.[CaH2]. The fourth-order valence-electron chi connectivity index (χ4n) is 3.03. The van der Waals surface area contributed by atoms with Crippen LogP contribution in [0.2, 0.25) is 0 Å². The van der Waals surface area contributed by atoms with Crippen LogP contribution in [0.5, 0.6) is 0 Å². The first kappa shape index (κ1) is 31.3. The molecule has 0 saturated carbocycles. The predicted molar refractivity (Wildman–Crippen MR) is 117 cm³/mol. The van der Waals surface area contributed by atoms with Gasteiger partial charge >= 0.3 is 49.7 Å². The molecule has 0 aliphatic carbocycles. The zero-order valence-electron chi connectivity index (χ0n) is 17.2. The van der Waals surface area contributed by atoms with Crippen LogP contribution in [0.3, 0.4) is 0 Å². The number of hydrogen-bond donors (Lipinski definition) is 2. The number of esters is 1. The van der Waals surface area contributed by atoms with Gasteiger partial charge in [0.2, 0.25) is 0 Å². The number of carbonyl (C=O) groups is 2. The van der Waals surface area contributed by atoms with Crippen LogP contribution < -0.4 is 0 Å². The third kappa shape index (κ3) is 19.8. The summed E-state index contributed by atoms with van der Waals surface area (Å²) in [4.78, 5) is 22.2. The minimum absolute atomic E-state index is 0. The molecule has 0 radical (unpaired) electrons. The topological polar surface area (TPSA) is 118 Å². The fraction of sp³-hybridized carbons (Fsp3) is 0.900. The third-order valence-corrected chi connectivity index (χ3v) is 5.80. The van der Waals surface area contributed by atoms with Crippen molar-refractivity contribution >= 4 is 59.8 Å². The zero-order valence-corrected chi connectivity index (χ0v) is 18.1. The molecule has 0 aliphatic heterocycles. The zero-order chi connectivity index (χ0) is 21.3. The molecule has 0 aromatic rings. The Morgan fingerprint density at radius 2 is 1.17 bits per heavy atom. The van der Waals surface area contributed by atoms with Crippen LogP contribution in [0.4, 0.5) is 0 Å². The van der Waals surface area contributed by atoms with E-state index in [1.807, 2.05) is 0 Å². The Morgan fingerprint density at radius 1 is 0.793 bits per heavy atom. The van der Waals surface area contributed by atoms with E-state index < -0.39 is 33.7 Å². The summed E-state index contributed by atoms with van der Waals surface area (Å²) in [5, 5.41) is 6.56. The van der Waals surface area contributed by atoms with E-state index in [0.717, 1.165) is 19.3 Å². The van der Waals surface area contributed by atoms with Crippen molar-refractivity contribution in [2.45, 2.75) is 108 Å². The molecule has 1 unspecified atom stereocenters. The number of unbranched alkanes of at least 4 members (excludes halogenated alkanes) is 13. The summed E-state index contributed by atoms with van der Waals surface area (Å²) in [7, 11) is -4.79. The summed E-state index contributed by atoms with van der Waals surface area (Å²) < 4.78 is 35.8. The molecule has 0 amide bonds. The molecule has 9 heteroatoms. The van der Waals surface area contributed by atoms with Crippen LogP contribution in [-0.2, 0) is 24.4 Å². The molecule has 0 aliphatic rings. The molecule has 29 heavy (non-hydrogen) atoms. The third-order valence-electron chi connectivity index (χ3n) is 4.72. The maximum absolute atomic E-state index is 11.6. The fourth-order valence-corrected chi connectivity index (χ4v) is 3.70. The van der Waals surface area contributed by atoms with Gasteiger partial charge in [-0.05, 0) is 6.42 Å². The summed E-state index contributed by atoms with van der Waals surface area (Å²) in [6.07, 6.45) is 15.7. The van der Waals surface area contributed by atoms with E-state index in [9.17, 15) is 18.0 Å². The molecule has 170 valence electrons. The second-order valence-electron chi connectivity index (χ2n) is 7.37. The van der Waals surface area contributed by atoms with Crippen LogP contribution in [0.1, 0.15) is 103 Å². The van der Waals surface area contributed by atoms with E-state index in [-0.39, 0.29) is 44.3 Å². The first-order valence-corrected chi connectivity index (χ1v) is 12.1. The first-order valence-electron chi connectivity index (χ1n) is 10.6. The van der Waals surface area contributed by atoms with Crippen molar-refractivity contribution in [3.8, 4) is 0 Å². The van der Waals surface area contributed by atoms with Crippen molar-refractivity contribution in [1.29, 1.82) is 0 Å². The van der Waals surface area contributed by atoms with Gasteiger partial charge in [-0.15, -0.1) is 0 Å². The Hall–Kier alpha value is 0.110. The number of aliphatic carboxylic acids is 1. The Labute approximate surface area is 206 Å². The van der Waals surface area contributed by atoms with Crippen LogP contribution in [0.25, 0.3) is 0 Å². The van der Waals surface area contributed by atoms with E-state index in [1.165, 1.54) is 64.2 Å². The Balaban J connectivity index is 0. The van der Waals surface area contributed by atoms with Crippen molar-refractivity contribution < 1.29 is 32.4 Å². The van der Waals surface area contributed by atoms with Gasteiger partial charge in [-0.1, -0.05) is 90.4 Å². The van der Waals surface area contributed by atoms with E-state index in [0.29, 0.717) is 6.42 Å². The second kappa shape index (κ2) is 20.0.